The number of aryl methyl sites for hydroxylation is 1. The van der Waals surface area contributed by atoms with Crippen LogP contribution in [0, 0.1) is 12.8 Å². The Bertz CT molecular complexity index is 1000. The van der Waals surface area contributed by atoms with Crippen LogP contribution in [0.5, 0.6) is 11.5 Å². The summed E-state index contributed by atoms with van der Waals surface area (Å²) in [5.74, 6) is -0.233. The van der Waals surface area contributed by atoms with Crippen LogP contribution < -0.4 is 14.9 Å². The monoisotopic (exact) mass is 433 g/mol. The van der Waals surface area contributed by atoms with Crippen LogP contribution in [-0.2, 0) is 14.8 Å². The Kier molecular flexibility index (Phi) is 7.96. The summed E-state index contributed by atoms with van der Waals surface area (Å²) in [4.78, 5) is 12.7. The largest absolute Gasteiger partial charge is 0.504 e. The zero-order chi connectivity index (χ0) is 22.3. The Hall–Kier alpha value is -2.91. The number of hydrogen-bond donors (Lipinski definition) is 3. The van der Waals surface area contributed by atoms with Crippen molar-refractivity contribution in [2.45, 2.75) is 38.1 Å². The average Bonchev–Trinajstić information content (AvgIpc) is 2.68. The highest BCUT2D eigenvalue weighted by Gasteiger charge is 2.26. The number of phenols is 1. The number of sulfonamides is 1. The highest BCUT2D eigenvalue weighted by atomic mass is 32.2. The van der Waals surface area contributed by atoms with Crippen molar-refractivity contribution in [3.8, 4) is 11.5 Å². The molecule has 2 aromatic rings. The van der Waals surface area contributed by atoms with Gasteiger partial charge in [0.15, 0.2) is 11.5 Å². The summed E-state index contributed by atoms with van der Waals surface area (Å²) in [6, 6.07) is 10.00. The fourth-order valence-electron chi connectivity index (χ4n) is 2.68. The number of phenolic OH excluding ortho intramolecular Hbond substituents is 1. The molecule has 2 aromatic carbocycles. The predicted octanol–water partition coefficient (Wildman–Crippen LogP) is 2.55. The topological polar surface area (TPSA) is 117 Å². The molecule has 30 heavy (non-hydrogen) atoms. The molecular formula is C21H27N3O5S. The van der Waals surface area contributed by atoms with Crippen LogP contribution in [0.4, 0.5) is 0 Å². The van der Waals surface area contributed by atoms with Gasteiger partial charge in [0.25, 0.3) is 5.91 Å². The summed E-state index contributed by atoms with van der Waals surface area (Å²) in [6.45, 7) is 5.65. The first-order valence-corrected chi connectivity index (χ1v) is 10.9. The molecule has 0 fully saturated rings. The van der Waals surface area contributed by atoms with Crippen LogP contribution in [0.2, 0.25) is 0 Å². The minimum atomic E-state index is -3.86. The summed E-state index contributed by atoms with van der Waals surface area (Å²) < 4.78 is 32.8. The predicted molar refractivity (Wildman–Crippen MR) is 115 cm³/mol. The Balaban J connectivity index is 2.12. The number of ether oxygens (including phenoxy) is 1. The van der Waals surface area contributed by atoms with Crippen LogP contribution in [0.3, 0.4) is 0 Å². The Labute approximate surface area is 177 Å². The molecule has 0 spiro atoms. The maximum absolute atomic E-state index is 12.7. The van der Waals surface area contributed by atoms with Gasteiger partial charge in [0.1, 0.15) is 6.04 Å². The second kappa shape index (κ2) is 10.2. The van der Waals surface area contributed by atoms with E-state index in [1.54, 1.807) is 24.3 Å². The van der Waals surface area contributed by atoms with Crippen LogP contribution in [0.1, 0.15) is 31.4 Å². The third kappa shape index (κ3) is 6.57. The first-order chi connectivity index (χ1) is 14.1. The number of hydrazone groups is 1. The number of hydrogen-bond acceptors (Lipinski definition) is 6. The lowest BCUT2D eigenvalue weighted by molar-refractivity contribution is -0.123. The van der Waals surface area contributed by atoms with E-state index < -0.39 is 22.0 Å². The Morgan fingerprint density at radius 1 is 1.20 bits per heavy atom. The standard InChI is InChI=1S/C21H27N3O5S/c1-14(2)11-18(24-30(27,28)17-8-5-15(3)6-9-17)21(26)23-22-13-16-7-10-19(25)20(12-16)29-4/h5-10,12-14,18,24-25H,11H2,1-4H3,(H,23,26)/b22-13-/t18-/m1/s1. The van der Waals surface area contributed by atoms with Crippen molar-refractivity contribution < 1.29 is 23.1 Å². The number of nitrogens with zero attached hydrogens (tertiary/aromatic N) is 1. The molecule has 0 bridgehead atoms. The van der Waals surface area contributed by atoms with Crippen LogP contribution >= 0.6 is 0 Å². The molecule has 3 N–H and O–H groups in total. The van der Waals surface area contributed by atoms with Crippen LogP contribution in [0.25, 0.3) is 0 Å². The highest BCUT2D eigenvalue weighted by molar-refractivity contribution is 7.89. The second-order valence-electron chi connectivity index (χ2n) is 7.28. The molecule has 0 aliphatic carbocycles. The third-order valence-electron chi connectivity index (χ3n) is 4.24. The zero-order valence-electron chi connectivity index (χ0n) is 17.4. The molecule has 9 heteroatoms. The molecule has 0 aliphatic heterocycles. The van der Waals surface area contributed by atoms with E-state index in [0.29, 0.717) is 12.0 Å². The summed E-state index contributed by atoms with van der Waals surface area (Å²) in [5, 5.41) is 13.5. The van der Waals surface area contributed by atoms with Crippen molar-refractivity contribution in [1.29, 1.82) is 0 Å². The van der Waals surface area contributed by atoms with E-state index in [-0.39, 0.29) is 22.3 Å². The van der Waals surface area contributed by atoms with E-state index in [1.165, 1.54) is 31.5 Å². The molecule has 0 unspecified atom stereocenters. The number of nitrogens with one attached hydrogen (secondary N) is 2. The van der Waals surface area contributed by atoms with Crippen molar-refractivity contribution in [3.63, 3.8) is 0 Å². The lowest BCUT2D eigenvalue weighted by Gasteiger charge is -2.19. The molecule has 162 valence electrons. The quantitative estimate of drug-likeness (QED) is 0.415. The SMILES string of the molecule is COc1cc(/C=N\NC(=O)[C@@H](CC(C)C)NS(=O)(=O)c2ccc(C)cc2)ccc1O. The molecule has 0 heterocycles. The molecule has 2 rings (SSSR count). The van der Waals surface area contributed by atoms with Gasteiger partial charge >= 0.3 is 0 Å². The molecule has 0 saturated carbocycles. The molecule has 8 nitrogen and oxygen atoms in total. The molecule has 0 radical (unpaired) electrons. The van der Waals surface area contributed by atoms with Gasteiger partial charge in [-0.3, -0.25) is 4.79 Å². The van der Waals surface area contributed by atoms with Gasteiger partial charge in [-0.1, -0.05) is 31.5 Å². The van der Waals surface area contributed by atoms with Crippen LogP contribution in [-0.4, -0.2) is 38.8 Å². The van der Waals surface area contributed by atoms with Crippen molar-refractivity contribution in [1.82, 2.24) is 10.1 Å². The zero-order valence-corrected chi connectivity index (χ0v) is 18.2. The number of carbonyl (C=O) groups is 1. The van der Waals surface area contributed by atoms with Gasteiger partial charge in [0, 0.05) is 0 Å². The van der Waals surface area contributed by atoms with Crippen molar-refractivity contribution >= 4 is 22.1 Å². The minimum absolute atomic E-state index is 0.0128. The molecule has 1 atom stereocenters. The third-order valence-corrected chi connectivity index (χ3v) is 5.73. The number of methoxy groups -OCH3 is 1. The van der Waals surface area contributed by atoms with E-state index in [2.05, 4.69) is 15.2 Å². The molecule has 0 aliphatic rings. The number of aromatic hydroxyl groups is 1. The van der Waals surface area contributed by atoms with Gasteiger partial charge in [0.05, 0.1) is 18.2 Å². The lowest BCUT2D eigenvalue weighted by Crippen LogP contribution is -2.46. The molecular weight excluding hydrogens is 406 g/mol. The summed E-state index contributed by atoms with van der Waals surface area (Å²) in [6.07, 6.45) is 1.68. The van der Waals surface area contributed by atoms with E-state index in [1.807, 2.05) is 20.8 Å². The van der Waals surface area contributed by atoms with E-state index >= 15 is 0 Å². The molecule has 0 saturated heterocycles. The van der Waals surface area contributed by atoms with Gasteiger partial charge in [-0.2, -0.15) is 9.82 Å². The fourth-order valence-corrected chi connectivity index (χ4v) is 3.88. The minimum Gasteiger partial charge on any atom is -0.504 e. The summed E-state index contributed by atoms with van der Waals surface area (Å²) >= 11 is 0. The van der Waals surface area contributed by atoms with E-state index in [4.69, 9.17) is 4.74 Å². The number of benzene rings is 2. The maximum Gasteiger partial charge on any atom is 0.258 e. The van der Waals surface area contributed by atoms with Gasteiger partial charge in [0.2, 0.25) is 10.0 Å². The maximum atomic E-state index is 12.7. The first-order valence-electron chi connectivity index (χ1n) is 9.41. The average molecular weight is 434 g/mol. The lowest BCUT2D eigenvalue weighted by atomic mass is 10.0. The van der Waals surface area contributed by atoms with Crippen LogP contribution in [0.15, 0.2) is 52.5 Å². The van der Waals surface area contributed by atoms with Gasteiger partial charge < -0.3 is 9.84 Å². The second-order valence-corrected chi connectivity index (χ2v) is 9.00. The molecule has 1 amide bonds. The van der Waals surface area contributed by atoms with Crippen molar-refractivity contribution in [2.24, 2.45) is 11.0 Å². The highest BCUT2D eigenvalue weighted by Crippen LogP contribution is 2.25. The van der Waals surface area contributed by atoms with Gasteiger partial charge in [-0.25, -0.2) is 13.8 Å². The fraction of sp³-hybridized carbons (Fsp3) is 0.333. The van der Waals surface area contributed by atoms with E-state index in [0.717, 1.165) is 5.56 Å². The Morgan fingerprint density at radius 2 is 1.87 bits per heavy atom. The van der Waals surface area contributed by atoms with Gasteiger partial charge in [-0.05, 0) is 55.2 Å². The number of rotatable bonds is 9. The van der Waals surface area contributed by atoms with E-state index in [9.17, 15) is 18.3 Å². The summed E-state index contributed by atoms with van der Waals surface area (Å²) in [5.41, 5.74) is 3.90. The Morgan fingerprint density at radius 3 is 2.47 bits per heavy atom. The smallest absolute Gasteiger partial charge is 0.258 e. The number of amides is 1. The van der Waals surface area contributed by atoms with Crippen molar-refractivity contribution in [2.75, 3.05) is 7.11 Å². The summed E-state index contributed by atoms with van der Waals surface area (Å²) in [7, 11) is -2.44. The normalized spacial score (nSPS) is 12.8. The number of carbonyl (C=O) groups excluding carboxylic acids is 1. The van der Waals surface area contributed by atoms with Crippen molar-refractivity contribution in [3.05, 3.63) is 53.6 Å². The molecule has 0 aromatic heterocycles. The first kappa shape index (κ1) is 23.4. The van der Waals surface area contributed by atoms with Gasteiger partial charge in [-0.15, -0.1) is 0 Å².